The van der Waals surface area contributed by atoms with Crippen molar-refractivity contribution in [3.8, 4) is 5.75 Å². The molecule has 1 fully saturated rings. The fourth-order valence-electron chi connectivity index (χ4n) is 2.53. The summed E-state index contributed by atoms with van der Waals surface area (Å²) in [5.74, 6) is 1.43. The Balaban J connectivity index is 2.09. The smallest absolute Gasteiger partial charge is 0.120 e. The largest absolute Gasteiger partial charge is 0.497 e. The van der Waals surface area contributed by atoms with Crippen LogP contribution in [0.15, 0.2) is 18.2 Å². The number of ether oxygens (including phenoxy) is 1. The number of methoxy groups -OCH3 is 1. The fraction of sp³-hybridized carbons (Fsp3) is 0.571. The van der Waals surface area contributed by atoms with Gasteiger partial charge in [-0.15, -0.1) is 0 Å². The number of hydrogen-bond acceptors (Lipinski definition) is 4. The van der Waals surface area contributed by atoms with E-state index in [1.54, 1.807) is 7.11 Å². The molecule has 0 atom stereocenters. The number of benzene rings is 1. The SMILES string of the molecule is COc1ccc(CN)c(N(C)CC2CC(O)C2)c1. The van der Waals surface area contributed by atoms with Gasteiger partial charge in [-0.2, -0.15) is 0 Å². The molecule has 0 unspecified atom stereocenters. The van der Waals surface area contributed by atoms with E-state index in [1.165, 1.54) is 0 Å². The van der Waals surface area contributed by atoms with Gasteiger partial charge in [0.05, 0.1) is 13.2 Å². The second-order valence-electron chi connectivity index (χ2n) is 5.07. The molecule has 0 heterocycles. The minimum Gasteiger partial charge on any atom is -0.497 e. The third kappa shape index (κ3) is 2.76. The third-order valence-electron chi connectivity index (χ3n) is 3.67. The summed E-state index contributed by atoms with van der Waals surface area (Å²) in [6.45, 7) is 1.48. The highest BCUT2D eigenvalue weighted by atomic mass is 16.5. The van der Waals surface area contributed by atoms with Crippen molar-refractivity contribution < 1.29 is 9.84 Å². The van der Waals surface area contributed by atoms with E-state index < -0.39 is 0 Å². The average molecular weight is 250 g/mol. The van der Waals surface area contributed by atoms with Crippen LogP contribution in [0, 0.1) is 5.92 Å². The van der Waals surface area contributed by atoms with Crippen LogP contribution < -0.4 is 15.4 Å². The summed E-state index contributed by atoms with van der Waals surface area (Å²) in [6.07, 6.45) is 1.72. The number of hydrogen-bond donors (Lipinski definition) is 2. The highest BCUT2D eigenvalue weighted by Crippen LogP contribution is 2.31. The Kier molecular flexibility index (Phi) is 4.09. The van der Waals surface area contributed by atoms with E-state index in [1.807, 2.05) is 18.2 Å². The molecule has 4 nitrogen and oxygen atoms in total. The summed E-state index contributed by atoms with van der Waals surface area (Å²) in [7, 11) is 3.74. The normalized spacial score (nSPS) is 22.4. The van der Waals surface area contributed by atoms with Crippen molar-refractivity contribution in [1.29, 1.82) is 0 Å². The molecule has 0 amide bonds. The first-order valence-corrected chi connectivity index (χ1v) is 6.40. The summed E-state index contributed by atoms with van der Waals surface area (Å²) in [5, 5.41) is 9.33. The molecule has 18 heavy (non-hydrogen) atoms. The zero-order valence-electron chi connectivity index (χ0n) is 11.1. The standard InChI is InChI=1S/C14H22N2O2/c1-16(9-10-5-12(17)6-10)14-7-13(18-2)4-3-11(14)8-15/h3-4,7,10,12,17H,5-6,8-9,15H2,1-2H3. The van der Waals surface area contributed by atoms with Gasteiger partial charge in [0.15, 0.2) is 0 Å². The van der Waals surface area contributed by atoms with Crippen LogP contribution in [0.3, 0.4) is 0 Å². The quantitative estimate of drug-likeness (QED) is 0.828. The lowest BCUT2D eigenvalue weighted by Crippen LogP contribution is -2.37. The second-order valence-corrected chi connectivity index (χ2v) is 5.07. The maximum atomic E-state index is 9.33. The number of aliphatic hydroxyl groups excluding tert-OH is 1. The van der Waals surface area contributed by atoms with E-state index in [4.69, 9.17) is 10.5 Å². The molecule has 2 rings (SSSR count). The number of anilines is 1. The molecule has 1 saturated carbocycles. The van der Waals surface area contributed by atoms with Gasteiger partial charge in [0.2, 0.25) is 0 Å². The fourth-order valence-corrected chi connectivity index (χ4v) is 2.53. The van der Waals surface area contributed by atoms with Gasteiger partial charge >= 0.3 is 0 Å². The molecule has 0 radical (unpaired) electrons. The van der Waals surface area contributed by atoms with Gasteiger partial charge in [0.1, 0.15) is 5.75 Å². The second kappa shape index (κ2) is 5.59. The lowest BCUT2D eigenvalue weighted by atomic mass is 9.82. The van der Waals surface area contributed by atoms with Crippen LogP contribution in [0.1, 0.15) is 18.4 Å². The molecular formula is C14H22N2O2. The third-order valence-corrected chi connectivity index (χ3v) is 3.67. The Bertz CT molecular complexity index is 403. The van der Waals surface area contributed by atoms with Gasteiger partial charge in [-0.1, -0.05) is 6.07 Å². The van der Waals surface area contributed by atoms with Crippen LogP contribution in [-0.4, -0.2) is 31.9 Å². The summed E-state index contributed by atoms with van der Waals surface area (Å²) in [4.78, 5) is 2.21. The molecular weight excluding hydrogens is 228 g/mol. The van der Waals surface area contributed by atoms with Crippen molar-refractivity contribution in [2.45, 2.75) is 25.5 Å². The van der Waals surface area contributed by atoms with Crippen molar-refractivity contribution in [2.75, 3.05) is 25.6 Å². The van der Waals surface area contributed by atoms with E-state index in [9.17, 15) is 5.11 Å². The van der Waals surface area contributed by atoms with Crippen LogP contribution >= 0.6 is 0 Å². The molecule has 0 aromatic heterocycles. The van der Waals surface area contributed by atoms with E-state index in [-0.39, 0.29) is 6.10 Å². The molecule has 0 spiro atoms. The Morgan fingerprint density at radius 2 is 2.17 bits per heavy atom. The van der Waals surface area contributed by atoms with E-state index in [0.717, 1.165) is 36.4 Å². The molecule has 1 aliphatic rings. The molecule has 100 valence electrons. The van der Waals surface area contributed by atoms with Crippen LogP contribution in [-0.2, 0) is 6.54 Å². The first-order valence-electron chi connectivity index (χ1n) is 6.40. The predicted octanol–water partition coefficient (Wildman–Crippen LogP) is 1.36. The van der Waals surface area contributed by atoms with Gasteiger partial charge in [-0.05, 0) is 30.4 Å². The summed E-state index contributed by atoms with van der Waals surface area (Å²) in [5.41, 5.74) is 8.02. The number of nitrogens with two attached hydrogens (primary N) is 1. The topological polar surface area (TPSA) is 58.7 Å². The molecule has 1 aromatic rings. The zero-order valence-corrected chi connectivity index (χ0v) is 11.1. The van der Waals surface area contributed by atoms with Crippen molar-refractivity contribution in [1.82, 2.24) is 0 Å². The minimum absolute atomic E-state index is 0.0947. The van der Waals surface area contributed by atoms with Crippen molar-refractivity contribution in [3.63, 3.8) is 0 Å². The van der Waals surface area contributed by atoms with Gasteiger partial charge in [0.25, 0.3) is 0 Å². The van der Waals surface area contributed by atoms with Crippen LogP contribution in [0.25, 0.3) is 0 Å². The molecule has 0 saturated heterocycles. The van der Waals surface area contributed by atoms with Gasteiger partial charge in [-0.25, -0.2) is 0 Å². The van der Waals surface area contributed by atoms with Crippen LogP contribution in [0.5, 0.6) is 5.75 Å². The van der Waals surface area contributed by atoms with E-state index >= 15 is 0 Å². The molecule has 4 heteroatoms. The van der Waals surface area contributed by atoms with Crippen LogP contribution in [0.2, 0.25) is 0 Å². The van der Waals surface area contributed by atoms with Crippen molar-refractivity contribution >= 4 is 5.69 Å². The molecule has 1 aromatic carbocycles. The maximum absolute atomic E-state index is 9.33. The first-order chi connectivity index (χ1) is 8.63. The van der Waals surface area contributed by atoms with E-state index in [0.29, 0.717) is 12.5 Å². The van der Waals surface area contributed by atoms with Crippen LogP contribution in [0.4, 0.5) is 5.69 Å². The average Bonchev–Trinajstić information content (AvgIpc) is 2.36. The predicted molar refractivity (Wildman–Crippen MR) is 72.9 cm³/mol. The highest BCUT2D eigenvalue weighted by Gasteiger charge is 2.28. The number of rotatable bonds is 5. The number of aliphatic hydroxyl groups is 1. The summed E-state index contributed by atoms with van der Waals surface area (Å²) < 4.78 is 5.26. The maximum Gasteiger partial charge on any atom is 0.120 e. The first kappa shape index (κ1) is 13.2. The van der Waals surface area contributed by atoms with Gasteiger partial charge in [-0.3, -0.25) is 0 Å². The van der Waals surface area contributed by atoms with E-state index in [2.05, 4.69) is 11.9 Å². The Morgan fingerprint density at radius 3 is 2.72 bits per heavy atom. The zero-order chi connectivity index (χ0) is 13.1. The van der Waals surface area contributed by atoms with Gasteiger partial charge < -0.3 is 20.5 Å². The molecule has 0 aliphatic heterocycles. The molecule has 3 N–H and O–H groups in total. The highest BCUT2D eigenvalue weighted by molar-refractivity contribution is 5.57. The van der Waals surface area contributed by atoms with Crippen molar-refractivity contribution in [3.05, 3.63) is 23.8 Å². The van der Waals surface area contributed by atoms with Crippen molar-refractivity contribution in [2.24, 2.45) is 11.7 Å². The minimum atomic E-state index is -0.0947. The number of nitrogens with zero attached hydrogens (tertiary/aromatic N) is 1. The Labute approximate surface area is 108 Å². The molecule has 0 bridgehead atoms. The summed E-state index contributed by atoms with van der Waals surface area (Å²) in [6, 6.07) is 5.98. The Morgan fingerprint density at radius 1 is 1.44 bits per heavy atom. The molecule has 1 aliphatic carbocycles. The summed E-state index contributed by atoms with van der Waals surface area (Å²) >= 11 is 0. The Hall–Kier alpha value is -1.26. The lowest BCUT2D eigenvalue weighted by Gasteiger charge is -2.35. The van der Waals surface area contributed by atoms with Gasteiger partial charge in [0, 0.05) is 31.9 Å². The monoisotopic (exact) mass is 250 g/mol. The lowest BCUT2D eigenvalue weighted by molar-refractivity contribution is 0.0464.